The van der Waals surface area contributed by atoms with Gasteiger partial charge in [-0.3, -0.25) is 14.9 Å². The third-order valence-electron chi connectivity index (χ3n) is 7.26. The van der Waals surface area contributed by atoms with Gasteiger partial charge in [0.2, 0.25) is 5.91 Å². The van der Waals surface area contributed by atoms with Gasteiger partial charge in [-0.2, -0.15) is 0 Å². The maximum atomic E-state index is 13.4. The molecule has 1 N–H and O–H groups in total. The number of nitro groups is 1. The number of anilines is 1. The molecule has 5 heteroatoms. The molecule has 28 heavy (non-hydrogen) atoms. The number of hydrogen-bond donors (Lipinski definition) is 1. The van der Waals surface area contributed by atoms with E-state index in [-0.39, 0.29) is 27.3 Å². The summed E-state index contributed by atoms with van der Waals surface area (Å²) in [6.07, 6.45) is 6.20. The molecule has 0 saturated heterocycles. The number of para-hydroxylation sites is 1. The standard InChI is InChI=1S/C23H24N2O3/c26-21(24-19-4-2-1-3-5-19)23-13-16-10-17(14-23)12-22(11-16,15-23)18-6-8-20(9-7-18)25(27)28/h1-9,16-17H,10-15H2,(H,24,26)/t16-,17+,22?,23?. The number of non-ortho nitro benzene ring substituents is 1. The van der Waals surface area contributed by atoms with Crippen molar-refractivity contribution in [3.05, 3.63) is 70.3 Å². The minimum absolute atomic E-state index is 0.0206. The van der Waals surface area contributed by atoms with E-state index < -0.39 is 0 Å². The van der Waals surface area contributed by atoms with E-state index in [1.165, 1.54) is 12.0 Å². The van der Waals surface area contributed by atoms with E-state index in [4.69, 9.17) is 0 Å². The van der Waals surface area contributed by atoms with Crippen LogP contribution in [0.2, 0.25) is 0 Å². The molecule has 4 bridgehead atoms. The molecule has 1 amide bonds. The minimum atomic E-state index is -0.349. The van der Waals surface area contributed by atoms with Crippen molar-refractivity contribution >= 4 is 17.3 Å². The van der Waals surface area contributed by atoms with Gasteiger partial charge in [0.1, 0.15) is 0 Å². The molecule has 6 rings (SSSR count). The molecular weight excluding hydrogens is 352 g/mol. The summed E-state index contributed by atoms with van der Waals surface area (Å²) in [6, 6.07) is 16.8. The first-order valence-electron chi connectivity index (χ1n) is 10.1. The van der Waals surface area contributed by atoms with Crippen molar-refractivity contribution in [3.63, 3.8) is 0 Å². The highest BCUT2D eigenvalue weighted by molar-refractivity contribution is 5.95. The van der Waals surface area contributed by atoms with Gasteiger partial charge in [0.25, 0.3) is 5.69 Å². The highest BCUT2D eigenvalue weighted by atomic mass is 16.6. The lowest BCUT2D eigenvalue weighted by Gasteiger charge is -2.61. The molecule has 4 aliphatic carbocycles. The summed E-state index contributed by atoms with van der Waals surface area (Å²) in [5.74, 6) is 1.29. The number of benzene rings is 2. The molecule has 144 valence electrons. The Bertz CT molecular complexity index is 909. The van der Waals surface area contributed by atoms with Crippen molar-refractivity contribution in [2.24, 2.45) is 17.3 Å². The van der Waals surface area contributed by atoms with Gasteiger partial charge in [-0.15, -0.1) is 0 Å². The van der Waals surface area contributed by atoms with Crippen molar-refractivity contribution < 1.29 is 9.72 Å². The molecule has 2 unspecified atom stereocenters. The van der Waals surface area contributed by atoms with Crippen LogP contribution in [0.4, 0.5) is 11.4 Å². The summed E-state index contributed by atoms with van der Waals surface area (Å²) in [5.41, 5.74) is 1.82. The van der Waals surface area contributed by atoms with Gasteiger partial charge < -0.3 is 5.32 Å². The second-order valence-corrected chi connectivity index (χ2v) is 9.15. The summed E-state index contributed by atoms with van der Waals surface area (Å²) >= 11 is 0. The second-order valence-electron chi connectivity index (χ2n) is 9.15. The third-order valence-corrected chi connectivity index (χ3v) is 7.26. The highest BCUT2D eigenvalue weighted by Gasteiger charge is 2.60. The van der Waals surface area contributed by atoms with Crippen LogP contribution in [0.25, 0.3) is 0 Å². The Labute approximate surface area is 164 Å². The average molecular weight is 376 g/mol. The molecule has 2 aromatic rings. The van der Waals surface area contributed by atoms with Crippen LogP contribution in [-0.4, -0.2) is 10.8 Å². The number of amides is 1. The molecule has 4 saturated carbocycles. The minimum Gasteiger partial charge on any atom is -0.326 e. The maximum Gasteiger partial charge on any atom is 0.269 e. The highest BCUT2D eigenvalue weighted by Crippen LogP contribution is 2.66. The summed E-state index contributed by atoms with van der Waals surface area (Å²) in [5, 5.41) is 14.2. The number of rotatable bonds is 4. The van der Waals surface area contributed by atoms with Crippen molar-refractivity contribution in [2.75, 3.05) is 5.32 Å². The van der Waals surface area contributed by atoms with Crippen LogP contribution < -0.4 is 5.32 Å². The number of nitro benzene ring substituents is 1. The molecule has 0 aromatic heterocycles. The zero-order valence-electron chi connectivity index (χ0n) is 15.8. The van der Waals surface area contributed by atoms with Crippen molar-refractivity contribution in [3.8, 4) is 0 Å². The molecule has 4 aliphatic rings. The van der Waals surface area contributed by atoms with Gasteiger partial charge in [0.05, 0.1) is 10.3 Å². The van der Waals surface area contributed by atoms with Crippen molar-refractivity contribution in [1.82, 2.24) is 0 Å². The van der Waals surface area contributed by atoms with Crippen LogP contribution in [0.1, 0.15) is 44.1 Å². The molecule has 0 spiro atoms. The van der Waals surface area contributed by atoms with Gasteiger partial charge in [-0.25, -0.2) is 0 Å². The zero-order valence-corrected chi connectivity index (χ0v) is 15.8. The zero-order chi connectivity index (χ0) is 19.4. The maximum absolute atomic E-state index is 13.4. The molecule has 4 fully saturated rings. The lowest BCUT2D eigenvalue weighted by Crippen LogP contribution is -2.57. The summed E-state index contributed by atoms with van der Waals surface area (Å²) in [6.45, 7) is 0. The molecule has 4 atom stereocenters. The molecule has 2 aromatic carbocycles. The summed E-state index contributed by atoms with van der Waals surface area (Å²) < 4.78 is 0. The monoisotopic (exact) mass is 376 g/mol. The Morgan fingerprint density at radius 2 is 1.61 bits per heavy atom. The van der Waals surface area contributed by atoms with Gasteiger partial charge >= 0.3 is 0 Å². The number of nitrogens with one attached hydrogen (secondary N) is 1. The predicted octanol–water partition coefficient (Wildman–Crippen LogP) is 5.07. The number of nitrogens with zero attached hydrogens (tertiary/aromatic N) is 1. The third kappa shape index (κ3) is 2.72. The van der Waals surface area contributed by atoms with Gasteiger partial charge in [-0.05, 0) is 73.5 Å². The molecule has 0 heterocycles. The van der Waals surface area contributed by atoms with Gasteiger partial charge in [-0.1, -0.05) is 30.3 Å². The van der Waals surface area contributed by atoms with Gasteiger partial charge in [0, 0.05) is 17.8 Å². The van der Waals surface area contributed by atoms with E-state index in [1.807, 2.05) is 42.5 Å². The quantitative estimate of drug-likeness (QED) is 0.598. The lowest BCUT2D eigenvalue weighted by molar-refractivity contribution is -0.384. The lowest BCUT2D eigenvalue weighted by atomic mass is 9.42. The number of carbonyl (C=O) groups is 1. The Morgan fingerprint density at radius 3 is 2.21 bits per heavy atom. The topological polar surface area (TPSA) is 72.2 Å². The van der Waals surface area contributed by atoms with Gasteiger partial charge in [0.15, 0.2) is 0 Å². The number of carbonyl (C=O) groups excluding carboxylic acids is 1. The van der Waals surface area contributed by atoms with Crippen LogP contribution in [0.15, 0.2) is 54.6 Å². The van der Waals surface area contributed by atoms with E-state index in [1.54, 1.807) is 12.1 Å². The SMILES string of the molecule is O=C(Nc1ccccc1)C12C[C@H]3C[C@@H](C1)CC(c1ccc([N+](=O)[O-])cc1)(C3)C2. The fourth-order valence-corrected chi connectivity index (χ4v) is 6.59. The largest absolute Gasteiger partial charge is 0.326 e. The Balaban J connectivity index is 1.47. The first-order valence-corrected chi connectivity index (χ1v) is 10.1. The van der Waals surface area contributed by atoms with E-state index in [0.29, 0.717) is 11.8 Å². The fraction of sp³-hybridized carbons (Fsp3) is 0.435. The normalized spacial score (nSPS) is 32.9. The first-order chi connectivity index (χ1) is 13.5. The summed E-state index contributed by atoms with van der Waals surface area (Å²) in [4.78, 5) is 24.1. The van der Waals surface area contributed by atoms with Crippen LogP contribution >= 0.6 is 0 Å². The second kappa shape index (κ2) is 6.16. The van der Waals surface area contributed by atoms with Crippen LogP contribution in [0, 0.1) is 27.4 Å². The summed E-state index contributed by atoms with van der Waals surface area (Å²) in [7, 11) is 0. The fourth-order valence-electron chi connectivity index (χ4n) is 6.59. The predicted molar refractivity (Wildman–Crippen MR) is 107 cm³/mol. The Kier molecular flexibility index (Phi) is 3.83. The smallest absolute Gasteiger partial charge is 0.269 e. The van der Waals surface area contributed by atoms with E-state index >= 15 is 0 Å². The molecule has 5 nitrogen and oxygen atoms in total. The molecular formula is C23H24N2O3. The van der Waals surface area contributed by atoms with Crippen molar-refractivity contribution in [1.29, 1.82) is 0 Å². The Hall–Kier alpha value is -2.69. The van der Waals surface area contributed by atoms with E-state index in [9.17, 15) is 14.9 Å². The molecule has 0 radical (unpaired) electrons. The number of hydrogen-bond acceptors (Lipinski definition) is 3. The van der Waals surface area contributed by atoms with Crippen LogP contribution in [-0.2, 0) is 10.2 Å². The first kappa shape index (κ1) is 17.4. The Morgan fingerprint density at radius 1 is 0.964 bits per heavy atom. The van der Waals surface area contributed by atoms with E-state index in [2.05, 4.69) is 5.32 Å². The van der Waals surface area contributed by atoms with Crippen LogP contribution in [0.5, 0.6) is 0 Å². The molecule has 0 aliphatic heterocycles. The average Bonchev–Trinajstić information content (AvgIpc) is 2.68. The van der Waals surface area contributed by atoms with Crippen LogP contribution in [0.3, 0.4) is 0 Å². The van der Waals surface area contributed by atoms with Crippen molar-refractivity contribution in [2.45, 2.75) is 43.9 Å². The van der Waals surface area contributed by atoms with E-state index in [0.717, 1.165) is 37.8 Å².